The molecule has 4 aliphatic carbocycles. The first-order valence-electron chi connectivity index (χ1n) is 15.0. The molecule has 4 nitrogen and oxygen atoms in total. The molecule has 0 amide bonds. The number of fused-ring (bicyclic) bond motifs is 6. The van der Waals surface area contributed by atoms with Crippen LogP contribution in [0.15, 0.2) is 11.1 Å². The minimum absolute atomic E-state index is 0.108. The van der Waals surface area contributed by atoms with E-state index >= 15 is 0 Å². The van der Waals surface area contributed by atoms with Gasteiger partial charge in [0.25, 0.3) is 0 Å². The largest absolute Gasteiger partial charge is 0.455 e. The van der Waals surface area contributed by atoms with Crippen LogP contribution in [-0.4, -0.2) is 29.1 Å². The van der Waals surface area contributed by atoms with Crippen LogP contribution in [0.5, 0.6) is 0 Å². The minimum Gasteiger partial charge on any atom is -0.455 e. The Hall–Kier alpha value is -1.16. The monoisotopic (exact) mass is 498 g/mol. The van der Waals surface area contributed by atoms with E-state index in [1.54, 1.807) is 0 Å². The maximum atomic E-state index is 14.1. The predicted octanol–water partition coefficient (Wildman–Crippen LogP) is 7.03. The number of ketones is 1. The summed E-state index contributed by atoms with van der Waals surface area (Å²) in [5, 5.41) is 10.5. The Kier molecular flexibility index (Phi) is 6.38. The lowest BCUT2D eigenvalue weighted by Crippen LogP contribution is -2.65. The van der Waals surface area contributed by atoms with E-state index in [4.69, 9.17) is 4.74 Å². The highest BCUT2D eigenvalue weighted by atomic mass is 16.5. The van der Waals surface area contributed by atoms with E-state index in [0.717, 1.165) is 30.4 Å². The molecule has 0 aromatic heterocycles. The third kappa shape index (κ3) is 3.41. The van der Waals surface area contributed by atoms with Crippen molar-refractivity contribution in [1.29, 1.82) is 0 Å². The van der Waals surface area contributed by atoms with Crippen LogP contribution in [-0.2, 0) is 14.3 Å². The van der Waals surface area contributed by atoms with Gasteiger partial charge in [0.2, 0.25) is 0 Å². The zero-order valence-electron chi connectivity index (χ0n) is 23.9. The highest BCUT2D eigenvalue weighted by Gasteiger charge is 2.69. The van der Waals surface area contributed by atoms with Crippen LogP contribution >= 0.6 is 0 Å². The van der Waals surface area contributed by atoms with Crippen LogP contribution in [0.25, 0.3) is 0 Å². The highest BCUT2D eigenvalue weighted by molar-refractivity contribution is 5.96. The first-order chi connectivity index (χ1) is 16.9. The van der Waals surface area contributed by atoms with E-state index in [0.29, 0.717) is 29.6 Å². The molecule has 0 saturated heterocycles. The number of rotatable bonds is 5. The first-order valence-corrected chi connectivity index (χ1v) is 15.0. The van der Waals surface area contributed by atoms with Crippen molar-refractivity contribution in [2.75, 3.05) is 0 Å². The van der Waals surface area contributed by atoms with Crippen molar-refractivity contribution in [2.24, 2.45) is 45.3 Å². The van der Waals surface area contributed by atoms with Gasteiger partial charge in [0, 0.05) is 23.3 Å². The summed E-state index contributed by atoms with van der Waals surface area (Å²) < 4.78 is 5.80. The van der Waals surface area contributed by atoms with E-state index in [-0.39, 0.29) is 41.0 Å². The van der Waals surface area contributed by atoms with Crippen molar-refractivity contribution in [3.63, 3.8) is 0 Å². The summed E-state index contributed by atoms with van der Waals surface area (Å²) in [4.78, 5) is 27.5. The Balaban J connectivity index is 1.64. The summed E-state index contributed by atoms with van der Waals surface area (Å²) in [6.07, 6.45) is 10.3. The second-order valence-electron chi connectivity index (χ2n) is 14.4. The average Bonchev–Trinajstić information content (AvgIpc) is 3.12. The van der Waals surface area contributed by atoms with E-state index in [2.05, 4.69) is 34.6 Å². The van der Waals surface area contributed by atoms with Crippen LogP contribution in [0, 0.1) is 45.3 Å². The van der Waals surface area contributed by atoms with Gasteiger partial charge < -0.3 is 9.84 Å². The summed E-state index contributed by atoms with van der Waals surface area (Å²) in [5.41, 5.74) is 2.18. The number of hydrogen-bond donors (Lipinski definition) is 1. The summed E-state index contributed by atoms with van der Waals surface area (Å²) in [7, 11) is 0. The van der Waals surface area contributed by atoms with Crippen molar-refractivity contribution < 1.29 is 19.4 Å². The van der Waals surface area contributed by atoms with Gasteiger partial charge in [0.05, 0.1) is 6.10 Å². The maximum Gasteiger partial charge on any atom is 0.335 e. The molecule has 0 radical (unpaired) electrons. The SMILES string of the molecule is CCC(O)CC(=O)[C@H]1C[C@@H]2[C@@]3(C)CCC[C@](C)(CC)[C@@H]3CC[C@@]2(C)[C@@H]2CCC3=C(C(=O)O[C@H]3C)[C@@]12C. The molecule has 3 fully saturated rings. The smallest absolute Gasteiger partial charge is 0.335 e. The molecule has 3 saturated carbocycles. The van der Waals surface area contributed by atoms with Gasteiger partial charge in [-0.15, -0.1) is 0 Å². The molecule has 10 atom stereocenters. The molecule has 5 rings (SSSR count). The summed E-state index contributed by atoms with van der Waals surface area (Å²) in [6.45, 7) is 16.2. The van der Waals surface area contributed by atoms with Crippen LogP contribution in [0.4, 0.5) is 0 Å². The topological polar surface area (TPSA) is 63.6 Å². The molecule has 1 unspecified atom stereocenters. The van der Waals surface area contributed by atoms with E-state index in [9.17, 15) is 14.7 Å². The summed E-state index contributed by atoms with van der Waals surface area (Å²) in [5.74, 6) is 1.21. The normalized spacial score (nSPS) is 48.9. The molecule has 4 heteroatoms. The Bertz CT molecular complexity index is 967. The third-order valence-electron chi connectivity index (χ3n) is 13.0. The zero-order chi connectivity index (χ0) is 26.3. The number of cyclic esters (lactones) is 1. The van der Waals surface area contributed by atoms with Gasteiger partial charge in [0.1, 0.15) is 11.9 Å². The quantitative estimate of drug-likeness (QED) is 0.413. The summed E-state index contributed by atoms with van der Waals surface area (Å²) in [6, 6.07) is 0. The van der Waals surface area contributed by atoms with Gasteiger partial charge in [-0.2, -0.15) is 0 Å². The molecular weight excluding hydrogens is 448 g/mol. The number of ether oxygens (including phenoxy) is 1. The van der Waals surface area contributed by atoms with Gasteiger partial charge in [0.15, 0.2) is 0 Å². The first kappa shape index (κ1) is 26.4. The van der Waals surface area contributed by atoms with Gasteiger partial charge in [-0.3, -0.25) is 4.79 Å². The number of hydrogen-bond acceptors (Lipinski definition) is 4. The number of esters is 1. The fourth-order valence-corrected chi connectivity index (χ4v) is 11.1. The van der Waals surface area contributed by atoms with Crippen LogP contribution in [0.1, 0.15) is 119 Å². The number of aliphatic hydroxyl groups excluding tert-OH is 1. The number of carbonyl (C=O) groups excluding carboxylic acids is 2. The van der Waals surface area contributed by atoms with Crippen molar-refractivity contribution in [3.05, 3.63) is 11.1 Å². The van der Waals surface area contributed by atoms with Crippen molar-refractivity contribution in [1.82, 2.24) is 0 Å². The van der Waals surface area contributed by atoms with Crippen LogP contribution in [0.3, 0.4) is 0 Å². The molecule has 202 valence electrons. The second kappa shape index (κ2) is 8.68. The van der Waals surface area contributed by atoms with E-state index < -0.39 is 11.5 Å². The fraction of sp³-hybridized carbons (Fsp3) is 0.875. The fourth-order valence-electron chi connectivity index (χ4n) is 11.1. The lowest BCUT2D eigenvalue weighted by Gasteiger charge is -2.70. The molecule has 0 spiro atoms. The highest BCUT2D eigenvalue weighted by Crippen LogP contribution is 2.75. The number of Topliss-reactive ketones (excluding diaryl/α,β-unsaturated/α-hetero) is 1. The minimum atomic E-state index is -0.605. The number of aliphatic hydroxyl groups is 1. The Morgan fingerprint density at radius 2 is 1.72 bits per heavy atom. The van der Waals surface area contributed by atoms with Gasteiger partial charge in [-0.05, 0) is 97.9 Å². The molecule has 1 aliphatic heterocycles. The lowest BCUT2D eigenvalue weighted by atomic mass is 9.33. The van der Waals surface area contributed by atoms with Crippen LogP contribution < -0.4 is 0 Å². The second-order valence-corrected chi connectivity index (χ2v) is 14.4. The molecule has 0 aromatic rings. The molecule has 5 aliphatic rings. The van der Waals surface area contributed by atoms with Gasteiger partial charge in [-0.25, -0.2) is 4.79 Å². The van der Waals surface area contributed by atoms with Gasteiger partial charge in [-0.1, -0.05) is 54.4 Å². The van der Waals surface area contributed by atoms with E-state index in [1.165, 1.54) is 38.5 Å². The Morgan fingerprint density at radius 3 is 2.39 bits per heavy atom. The third-order valence-corrected chi connectivity index (χ3v) is 13.0. The number of carbonyl (C=O) groups is 2. The zero-order valence-corrected chi connectivity index (χ0v) is 23.9. The predicted molar refractivity (Wildman–Crippen MR) is 142 cm³/mol. The van der Waals surface area contributed by atoms with Crippen molar-refractivity contribution in [3.8, 4) is 0 Å². The average molecular weight is 499 g/mol. The lowest BCUT2D eigenvalue weighted by molar-refractivity contribution is -0.207. The molecule has 1 N–H and O–H groups in total. The molecule has 0 aromatic carbocycles. The molecular formula is C32H50O4. The summed E-state index contributed by atoms with van der Waals surface area (Å²) >= 11 is 0. The van der Waals surface area contributed by atoms with Crippen molar-refractivity contribution in [2.45, 2.75) is 131 Å². The van der Waals surface area contributed by atoms with Crippen LogP contribution in [0.2, 0.25) is 0 Å². The van der Waals surface area contributed by atoms with E-state index in [1.807, 2.05) is 13.8 Å². The Labute approximate surface area is 219 Å². The molecule has 36 heavy (non-hydrogen) atoms. The van der Waals surface area contributed by atoms with Gasteiger partial charge >= 0.3 is 5.97 Å². The maximum absolute atomic E-state index is 14.1. The Morgan fingerprint density at radius 1 is 1.03 bits per heavy atom. The standard InChI is InChI=1S/C32H50O4/c1-8-20(33)17-23(34)22-18-26-30(5)15-10-14-29(4,9-2)24(30)13-16-31(26,6)25-12-11-21-19(3)36-28(35)27(21)32(22,25)7/h19-20,22,24-26,33H,8-18H2,1-7H3/t19-,20?,22+,24-,25-,26+,29-,30-,31-,32-/m0/s1. The molecule has 0 bridgehead atoms. The van der Waals surface area contributed by atoms with Crippen molar-refractivity contribution >= 4 is 11.8 Å². The molecule has 1 heterocycles.